The van der Waals surface area contributed by atoms with Gasteiger partial charge < -0.3 is 5.32 Å². The average Bonchev–Trinajstić information content (AvgIpc) is 2.44. The zero-order chi connectivity index (χ0) is 14.4. The van der Waals surface area contributed by atoms with Crippen molar-refractivity contribution in [2.45, 2.75) is 4.90 Å². The molecule has 20 heavy (non-hydrogen) atoms. The molecule has 4 nitrogen and oxygen atoms in total. The van der Waals surface area contributed by atoms with Gasteiger partial charge in [-0.1, -0.05) is 18.2 Å². The van der Waals surface area contributed by atoms with Gasteiger partial charge in [-0.2, -0.15) is 0 Å². The van der Waals surface area contributed by atoms with E-state index < -0.39 is 10.7 Å². The summed E-state index contributed by atoms with van der Waals surface area (Å²) in [6, 6.07) is 13.4. The number of hydrogen-bond donors (Lipinski definition) is 1. The van der Waals surface area contributed by atoms with Crippen LogP contribution in [0.1, 0.15) is 0 Å². The molecule has 0 unspecified atom stereocenters. The lowest BCUT2D eigenvalue weighted by atomic mass is 10.2. The molecule has 2 aromatic rings. The fourth-order valence-electron chi connectivity index (χ4n) is 1.66. The first-order valence-corrected chi connectivity index (χ1v) is 7.00. The molecular formula is C14H13FN2O2S. The van der Waals surface area contributed by atoms with Crippen molar-refractivity contribution < 1.29 is 9.31 Å². The second-order valence-electron chi connectivity index (χ2n) is 4.04. The quantitative estimate of drug-likeness (QED) is 0.379. The van der Waals surface area contributed by atoms with Gasteiger partial charge in [-0.3, -0.25) is 10.1 Å². The van der Waals surface area contributed by atoms with Crippen molar-refractivity contribution in [2.24, 2.45) is 0 Å². The smallest absolute Gasteiger partial charge is 0.274 e. The number of nitro benzene ring substituents is 1. The van der Waals surface area contributed by atoms with Crippen molar-refractivity contribution in [2.75, 3.05) is 17.6 Å². The van der Waals surface area contributed by atoms with Crippen LogP contribution < -0.4 is 5.32 Å². The maximum absolute atomic E-state index is 13.2. The molecule has 0 aliphatic carbocycles. The highest BCUT2D eigenvalue weighted by Gasteiger charge is 2.09. The zero-order valence-electron chi connectivity index (χ0n) is 10.6. The second kappa shape index (κ2) is 6.91. The Hall–Kier alpha value is -2.08. The predicted octanol–water partition coefficient (Wildman–Crippen LogP) is 3.94. The van der Waals surface area contributed by atoms with Crippen LogP contribution in [0.3, 0.4) is 0 Å². The molecule has 0 aromatic heterocycles. The van der Waals surface area contributed by atoms with E-state index in [0.717, 1.165) is 16.7 Å². The Balaban J connectivity index is 1.86. The molecule has 0 saturated heterocycles. The standard InChI is InChI=1S/C14H13FN2O2S/c15-11-8-12(10-13(9-11)17(18)19)16-6-7-20-14-4-2-1-3-5-14/h1-5,8-10,16H,6-7H2. The van der Waals surface area contributed by atoms with Crippen LogP contribution in [0.15, 0.2) is 53.4 Å². The number of non-ortho nitro benzene ring substituents is 1. The fourth-order valence-corrected chi connectivity index (χ4v) is 2.45. The number of rotatable bonds is 6. The summed E-state index contributed by atoms with van der Waals surface area (Å²) in [6.45, 7) is 0.597. The molecule has 1 N–H and O–H groups in total. The molecule has 6 heteroatoms. The van der Waals surface area contributed by atoms with Gasteiger partial charge in [0, 0.05) is 28.9 Å². The van der Waals surface area contributed by atoms with Crippen LogP contribution in [0.5, 0.6) is 0 Å². The van der Waals surface area contributed by atoms with Gasteiger partial charge in [-0.05, 0) is 18.2 Å². The lowest BCUT2D eigenvalue weighted by molar-refractivity contribution is -0.385. The summed E-state index contributed by atoms with van der Waals surface area (Å²) in [6.07, 6.45) is 0. The Morgan fingerprint density at radius 2 is 1.95 bits per heavy atom. The molecular weight excluding hydrogens is 279 g/mol. The lowest BCUT2D eigenvalue weighted by Gasteiger charge is -2.06. The van der Waals surface area contributed by atoms with Gasteiger partial charge in [-0.15, -0.1) is 11.8 Å². The van der Waals surface area contributed by atoms with Crippen molar-refractivity contribution >= 4 is 23.1 Å². The zero-order valence-corrected chi connectivity index (χ0v) is 11.4. The molecule has 0 spiro atoms. The van der Waals surface area contributed by atoms with Gasteiger partial charge >= 0.3 is 0 Å². The van der Waals surface area contributed by atoms with E-state index in [2.05, 4.69) is 5.32 Å². The lowest BCUT2D eigenvalue weighted by Crippen LogP contribution is -2.04. The third-order valence-electron chi connectivity index (χ3n) is 2.54. The highest BCUT2D eigenvalue weighted by Crippen LogP contribution is 2.21. The molecule has 0 atom stereocenters. The summed E-state index contributed by atoms with van der Waals surface area (Å²) in [5.41, 5.74) is 0.175. The van der Waals surface area contributed by atoms with Crippen LogP contribution in [0.25, 0.3) is 0 Å². The molecule has 2 rings (SSSR count). The Kier molecular flexibility index (Phi) is 4.95. The van der Waals surface area contributed by atoms with E-state index in [9.17, 15) is 14.5 Å². The minimum Gasteiger partial charge on any atom is -0.384 e. The molecule has 104 valence electrons. The first-order chi connectivity index (χ1) is 9.65. The molecule has 0 aliphatic rings. The summed E-state index contributed by atoms with van der Waals surface area (Å²) in [5, 5.41) is 13.6. The van der Waals surface area contributed by atoms with Gasteiger partial charge in [0.25, 0.3) is 5.69 Å². The highest BCUT2D eigenvalue weighted by molar-refractivity contribution is 7.99. The van der Waals surface area contributed by atoms with Crippen LogP contribution in [-0.4, -0.2) is 17.2 Å². The van der Waals surface area contributed by atoms with Crippen molar-refractivity contribution in [3.8, 4) is 0 Å². The van der Waals surface area contributed by atoms with E-state index in [0.29, 0.717) is 12.2 Å². The van der Waals surface area contributed by atoms with E-state index >= 15 is 0 Å². The number of benzene rings is 2. The summed E-state index contributed by atoms with van der Waals surface area (Å²) < 4.78 is 13.2. The Labute approximate surface area is 120 Å². The van der Waals surface area contributed by atoms with E-state index in [-0.39, 0.29) is 5.69 Å². The number of nitro groups is 1. The van der Waals surface area contributed by atoms with Crippen LogP contribution in [0.4, 0.5) is 15.8 Å². The van der Waals surface area contributed by atoms with Gasteiger partial charge in [-0.25, -0.2) is 4.39 Å². The number of nitrogens with zero attached hydrogens (tertiary/aromatic N) is 1. The first-order valence-electron chi connectivity index (χ1n) is 6.02. The minimum absolute atomic E-state index is 0.247. The maximum atomic E-state index is 13.2. The van der Waals surface area contributed by atoms with Crippen LogP contribution in [0, 0.1) is 15.9 Å². The first kappa shape index (κ1) is 14.3. The highest BCUT2D eigenvalue weighted by atomic mass is 32.2. The number of hydrogen-bond acceptors (Lipinski definition) is 4. The van der Waals surface area contributed by atoms with Gasteiger partial charge in [0.1, 0.15) is 5.82 Å². The molecule has 0 heterocycles. The molecule has 0 bridgehead atoms. The second-order valence-corrected chi connectivity index (χ2v) is 5.21. The topological polar surface area (TPSA) is 55.2 Å². The number of nitrogens with one attached hydrogen (secondary N) is 1. The van der Waals surface area contributed by atoms with E-state index in [1.807, 2.05) is 30.3 Å². The molecule has 0 aliphatic heterocycles. The van der Waals surface area contributed by atoms with E-state index in [1.54, 1.807) is 11.8 Å². The van der Waals surface area contributed by atoms with Gasteiger partial charge in [0.15, 0.2) is 0 Å². The van der Waals surface area contributed by atoms with Crippen molar-refractivity contribution in [1.82, 2.24) is 0 Å². The Morgan fingerprint density at radius 1 is 1.20 bits per heavy atom. The monoisotopic (exact) mass is 292 g/mol. The SMILES string of the molecule is O=[N+]([O-])c1cc(F)cc(NCCSc2ccccc2)c1. The van der Waals surface area contributed by atoms with Crippen molar-refractivity contribution in [3.63, 3.8) is 0 Å². The Bertz CT molecular complexity index is 593. The molecule has 0 saturated carbocycles. The van der Waals surface area contributed by atoms with Gasteiger partial charge in [0.2, 0.25) is 0 Å². The summed E-state index contributed by atoms with van der Waals surface area (Å²) in [4.78, 5) is 11.2. The third-order valence-corrected chi connectivity index (χ3v) is 3.55. The molecule has 0 amide bonds. The molecule has 0 radical (unpaired) electrons. The van der Waals surface area contributed by atoms with Crippen LogP contribution >= 0.6 is 11.8 Å². The maximum Gasteiger partial charge on any atom is 0.274 e. The normalized spacial score (nSPS) is 10.2. The molecule has 0 fully saturated rings. The van der Waals surface area contributed by atoms with E-state index in [4.69, 9.17) is 0 Å². The number of anilines is 1. The van der Waals surface area contributed by atoms with Crippen LogP contribution in [-0.2, 0) is 0 Å². The van der Waals surface area contributed by atoms with Crippen molar-refractivity contribution in [1.29, 1.82) is 0 Å². The third kappa shape index (κ3) is 4.24. The number of thioether (sulfide) groups is 1. The summed E-state index contributed by atoms with van der Waals surface area (Å²) in [7, 11) is 0. The van der Waals surface area contributed by atoms with Gasteiger partial charge in [0.05, 0.1) is 11.0 Å². The van der Waals surface area contributed by atoms with Crippen molar-refractivity contribution in [3.05, 3.63) is 64.5 Å². The van der Waals surface area contributed by atoms with E-state index in [1.165, 1.54) is 12.1 Å². The van der Waals surface area contributed by atoms with Crippen LogP contribution in [0.2, 0.25) is 0 Å². The predicted molar refractivity (Wildman–Crippen MR) is 78.7 cm³/mol. The summed E-state index contributed by atoms with van der Waals surface area (Å²) in [5.74, 6) is 0.173. The summed E-state index contributed by atoms with van der Waals surface area (Å²) >= 11 is 1.66. The molecule has 2 aromatic carbocycles. The fraction of sp³-hybridized carbons (Fsp3) is 0.143. The largest absolute Gasteiger partial charge is 0.384 e. The average molecular weight is 292 g/mol. The number of halogens is 1. The Morgan fingerprint density at radius 3 is 2.65 bits per heavy atom. The minimum atomic E-state index is -0.614.